The van der Waals surface area contributed by atoms with Crippen molar-refractivity contribution in [1.29, 1.82) is 0 Å². The average Bonchev–Trinajstić information content (AvgIpc) is 3.14. The smallest absolute Gasteiger partial charge is 0.0489 e. The third kappa shape index (κ3) is 4.32. The fourth-order valence-electron chi connectivity index (χ4n) is 3.13. The van der Waals surface area contributed by atoms with Crippen LogP contribution in [-0.4, -0.2) is 34.3 Å². The molecule has 0 saturated carbocycles. The number of nitrogens with zero attached hydrogens (tertiary/aromatic N) is 3. The van der Waals surface area contributed by atoms with Gasteiger partial charge in [-0.3, -0.25) is 4.68 Å². The number of benzene rings is 1. The Kier molecular flexibility index (Phi) is 4.94. The molecule has 1 unspecified atom stereocenters. The molecule has 21 heavy (non-hydrogen) atoms. The van der Waals surface area contributed by atoms with Crippen molar-refractivity contribution in [3.63, 3.8) is 0 Å². The molecule has 112 valence electrons. The predicted octanol–water partition coefficient (Wildman–Crippen LogP) is 3.49. The zero-order valence-electron chi connectivity index (χ0n) is 12.3. The summed E-state index contributed by atoms with van der Waals surface area (Å²) in [6, 6.07) is 10.3. The molecule has 3 nitrogen and oxygen atoms in total. The predicted molar refractivity (Wildman–Crippen MR) is 86.5 cm³/mol. The molecule has 3 rings (SSSR count). The standard InChI is InChI=1S/C17H22ClN3/c18-17-5-3-15(4-6-17)13-16-7-12-20(14-16)9-2-11-21-10-1-8-19-21/h1,3-6,8,10,16H,2,7,9,11-14H2. The lowest BCUT2D eigenvalue weighted by Crippen LogP contribution is -2.23. The topological polar surface area (TPSA) is 21.1 Å². The molecule has 1 aromatic heterocycles. The minimum absolute atomic E-state index is 0.788. The Morgan fingerprint density at radius 3 is 2.81 bits per heavy atom. The van der Waals surface area contributed by atoms with Crippen molar-refractivity contribution in [2.75, 3.05) is 19.6 Å². The third-order valence-electron chi connectivity index (χ3n) is 4.23. The maximum atomic E-state index is 5.94. The maximum Gasteiger partial charge on any atom is 0.0489 e. The Balaban J connectivity index is 1.39. The molecular weight excluding hydrogens is 282 g/mol. The van der Waals surface area contributed by atoms with Crippen LogP contribution >= 0.6 is 11.6 Å². The minimum Gasteiger partial charge on any atom is -0.303 e. The zero-order chi connectivity index (χ0) is 14.5. The zero-order valence-corrected chi connectivity index (χ0v) is 13.0. The van der Waals surface area contributed by atoms with Crippen molar-refractivity contribution in [1.82, 2.24) is 14.7 Å². The van der Waals surface area contributed by atoms with Gasteiger partial charge in [-0.1, -0.05) is 23.7 Å². The summed E-state index contributed by atoms with van der Waals surface area (Å²) in [7, 11) is 0. The van der Waals surface area contributed by atoms with Crippen molar-refractivity contribution in [3.8, 4) is 0 Å². The van der Waals surface area contributed by atoms with E-state index >= 15 is 0 Å². The van der Waals surface area contributed by atoms with Crippen LogP contribution in [0.2, 0.25) is 5.02 Å². The van der Waals surface area contributed by atoms with Crippen LogP contribution in [0.3, 0.4) is 0 Å². The SMILES string of the molecule is Clc1ccc(CC2CCN(CCCn3cccn3)C2)cc1. The van der Waals surface area contributed by atoms with Crippen LogP contribution in [0, 0.1) is 5.92 Å². The lowest BCUT2D eigenvalue weighted by Gasteiger charge is -2.16. The minimum atomic E-state index is 0.788. The number of hydrogen-bond acceptors (Lipinski definition) is 2. The van der Waals surface area contributed by atoms with Crippen LogP contribution in [0.5, 0.6) is 0 Å². The van der Waals surface area contributed by atoms with Crippen molar-refractivity contribution in [2.45, 2.75) is 25.8 Å². The van der Waals surface area contributed by atoms with Crippen molar-refractivity contribution in [2.24, 2.45) is 5.92 Å². The van der Waals surface area contributed by atoms with E-state index < -0.39 is 0 Å². The fourth-order valence-corrected chi connectivity index (χ4v) is 3.25. The van der Waals surface area contributed by atoms with E-state index in [9.17, 15) is 0 Å². The summed E-state index contributed by atoms with van der Waals surface area (Å²) in [5.74, 6) is 0.788. The number of hydrogen-bond donors (Lipinski definition) is 0. The molecule has 0 N–H and O–H groups in total. The molecule has 4 heteroatoms. The molecule has 1 fully saturated rings. The summed E-state index contributed by atoms with van der Waals surface area (Å²) in [6.45, 7) is 4.65. The molecule has 0 bridgehead atoms. The molecule has 0 amide bonds. The number of aryl methyl sites for hydroxylation is 1. The maximum absolute atomic E-state index is 5.94. The average molecular weight is 304 g/mol. The number of halogens is 1. The summed E-state index contributed by atoms with van der Waals surface area (Å²) in [5, 5.41) is 5.07. The molecule has 1 saturated heterocycles. The molecule has 1 aromatic carbocycles. The van der Waals surface area contributed by atoms with Gasteiger partial charge in [0.25, 0.3) is 0 Å². The molecule has 0 radical (unpaired) electrons. The van der Waals surface area contributed by atoms with Gasteiger partial charge in [0.15, 0.2) is 0 Å². The van der Waals surface area contributed by atoms with E-state index in [0.717, 1.165) is 17.5 Å². The van der Waals surface area contributed by atoms with Gasteiger partial charge in [-0.2, -0.15) is 5.10 Å². The summed E-state index contributed by atoms with van der Waals surface area (Å²) in [6.07, 6.45) is 7.54. The quantitative estimate of drug-likeness (QED) is 0.814. The first-order valence-corrected chi connectivity index (χ1v) is 8.11. The van der Waals surface area contributed by atoms with Gasteiger partial charge in [-0.05, 0) is 62.0 Å². The molecular formula is C17H22ClN3. The highest BCUT2D eigenvalue weighted by atomic mass is 35.5. The van der Waals surface area contributed by atoms with Gasteiger partial charge in [-0.25, -0.2) is 0 Å². The second-order valence-corrected chi connectivity index (χ2v) is 6.35. The number of rotatable bonds is 6. The highest BCUT2D eigenvalue weighted by Crippen LogP contribution is 2.22. The van der Waals surface area contributed by atoms with Gasteiger partial charge in [-0.15, -0.1) is 0 Å². The van der Waals surface area contributed by atoms with Crippen molar-refractivity contribution < 1.29 is 0 Å². The first-order valence-electron chi connectivity index (χ1n) is 7.74. The second kappa shape index (κ2) is 7.10. The van der Waals surface area contributed by atoms with E-state index in [2.05, 4.69) is 22.1 Å². The molecule has 1 aliphatic rings. The highest BCUT2D eigenvalue weighted by molar-refractivity contribution is 6.30. The van der Waals surface area contributed by atoms with E-state index in [-0.39, 0.29) is 0 Å². The first-order chi connectivity index (χ1) is 10.3. The lowest BCUT2D eigenvalue weighted by molar-refractivity contribution is 0.309. The molecule has 1 aliphatic heterocycles. The summed E-state index contributed by atoms with van der Waals surface area (Å²) in [4.78, 5) is 2.59. The van der Waals surface area contributed by atoms with Crippen LogP contribution in [0.4, 0.5) is 0 Å². The van der Waals surface area contributed by atoms with Crippen molar-refractivity contribution in [3.05, 3.63) is 53.3 Å². The first kappa shape index (κ1) is 14.6. The van der Waals surface area contributed by atoms with Gasteiger partial charge < -0.3 is 4.90 Å². The molecule has 2 aromatic rings. The van der Waals surface area contributed by atoms with Gasteiger partial charge in [0.2, 0.25) is 0 Å². The Bertz CT molecular complexity index is 536. The van der Waals surface area contributed by atoms with Crippen LogP contribution in [0.1, 0.15) is 18.4 Å². The molecule has 2 heterocycles. The molecule has 1 atom stereocenters. The third-order valence-corrected chi connectivity index (χ3v) is 4.48. The van der Waals surface area contributed by atoms with Gasteiger partial charge in [0.05, 0.1) is 0 Å². The number of likely N-dealkylation sites (tertiary alicyclic amines) is 1. The Morgan fingerprint density at radius 2 is 2.05 bits per heavy atom. The number of aromatic nitrogens is 2. The second-order valence-electron chi connectivity index (χ2n) is 5.91. The van der Waals surface area contributed by atoms with Crippen LogP contribution < -0.4 is 0 Å². The Morgan fingerprint density at radius 1 is 1.19 bits per heavy atom. The van der Waals surface area contributed by atoms with E-state index in [1.54, 1.807) is 0 Å². The summed E-state index contributed by atoms with van der Waals surface area (Å²) in [5.41, 5.74) is 1.41. The Labute approximate surface area is 131 Å². The van der Waals surface area contributed by atoms with Gasteiger partial charge in [0.1, 0.15) is 0 Å². The summed E-state index contributed by atoms with van der Waals surface area (Å²) >= 11 is 5.94. The van der Waals surface area contributed by atoms with Crippen LogP contribution in [0.25, 0.3) is 0 Å². The molecule has 0 aliphatic carbocycles. The Hall–Kier alpha value is -1.32. The van der Waals surface area contributed by atoms with Crippen molar-refractivity contribution >= 4 is 11.6 Å². The summed E-state index contributed by atoms with van der Waals surface area (Å²) < 4.78 is 2.02. The lowest BCUT2D eigenvalue weighted by atomic mass is 9.99. The highest BCUT2D eigenvalue weighted by Gasteiger charge is 2.22. The monoisotopic (exact) mass is 303 g/mol. The largest absolute Gasteiger partial charge is 0.303 e. The normalized spacial score (nSPS) is 19.2. The van der Waals surface area contributed by atoms with E-state index in [1.807, 2.05) is 35.3 Å². The van der Waals surface area contributed by atoms with Crippen LogP contribution in [-0.2, 0) is 13.0 Å². The van der Waals surface area contributed by atoms with E-state index in [1.165, 1.54) is 44.5 Å². The van der Waals surface area contributed by atoms with Gasteiger partial charge in [0, 0.05) is 30.5 Å². The van der Waals surface area contributed by atoms with E-state index in [4.69, 9.17) is 11.6 Å². The van der Waals surface area contributed by atoms with Gasteiger partial charge >= 0.3 is 0 Å². The van der Waals surface area contributed by atoms with Crippen LogP contribution in [0.15, 0.2) is 42.7 Å². The van der Waals surface area contributed by atoms with E-state index in [0.29, 0.717) is 0 Å². The molecule has 0 spiro atoms. The fraction of sp³-hybridized carbons (Fsp3) is 0.471.